The molecule has 0 amide bonds. The zero-order valence-electron chi connectivity index (χ0n) is 15.4. The van der Waals surface area contributed by atoms with E-state index < -0.39 is 7.55 Å². The van der Waals surface area contributed by atoms with Gasteiger partial charge in [0, 0.05) is 5.98 Å². The van der Waals surface area contributed by atoms with Gasteiger partial charge in [0.2, 0.25) is 0 Å². The SMILES string of the molecule is CC(C)/[PH](C)=C/OCCCCCCOc1cc(=O)oc2ccccc12. The van der Waals surface area contributed by atoms with Gasteiger partial charge >= 0.3 is 5.63 Å². The highest BCUT2D eigenvalue weighted by Gasteiger charge is 2.05. The molecule has 1 aromatic heterocycles. The first-order chi connectivity index (χ1) is 12.1. The quantitative estimate of drug-likeness (QED) is 0.346. The summed E-state index contributed by atoms with van der Waals surface area (Å²) in [5.74, 6) is 2.67. The molecule has 0 saturated heterocycles. The molecule has 5 heteroatoms. The van der Waals surface area contributed by atoms with E-state index in [9.17, 15) is 4.79 Å². The van der Waals surface area contributed by atoms with Crippen molar-refractivity contribution < 1.29 is 13.9 Å². The lowest BCUT2D eigenvalue weighted by Gasteiger charge is -2.08. The highest BCUT2D eigenvalue weighted by atomic mass is 31.1. The molecule has 0 spiro atoms. The minimum absolute atomic E-state index is 0.375. The highest BCUT2D eigenvalue weighted by molar-refractivity contribution is 7.56. The van der Waals surface area contributed by atoms with E-state index in [0.717, 1.165) is 43.3 Å². The average molecular weight is 364 g/mol. The second kappa shape index (κ2) is 10.5. The molecule has 1 unspecified atom stereocenters. The van der Waals surface area contributed by atoms with Crippen LogP contribution in [0.15, 0.2) is 39.5 Å². The number of ether oxygens (including phenoxy) is 2. The van der Waals surface area contributed by atoms with E-state index in [1.165, 1.54) is 6.07 Å². The smallest absolute Gasteiger partial charge is 0.339 e. The molecule has 2 aromatic rings. The monoisotopic (exact) mass is 364 g/mol. The Hall–Kier alpha value is -1.51. The van der Waals surface area contributed by atoms with Gasteiger partial charge in [-0.2, -0.15) is 0 Å². The van der Waals surface area contributed by atoms with Crippen molar-refractivity contribution in [2.24, 2.45) is 0 Å². The molecule has 138 valence electrons. The van der Waals surface area contributed by atoms with Gasteiger partial charge < -0.3 is 13.9 Å². The standard InChI is InChI=1S/C20H29O4P/c1-16(2)25(3)15-22-12-8-4-5-9-13-23-19-14-20(21)24-18-11-7-6-10-17(18)19/h6-7,10-11,14-16,25H,4-5,8-9,12-13H2,1-3H3. The first kappa shape index (κ1) is 19.8. The Morgan fingerprint density at radius 3 is 2.60 bits per heavy atom. The summed E-state index contributed by atoms with van der Waals surface area (Å²) >= 11 is 0. The van der Waals surface area contributed by atoms with E-state index in [1.54, 1.807) is 6.07 Å². The number of rotatable bonds is 10. The molecule has 0 radical (unpaired) electrons. The van der Waals surface area contributed by atoms with Crippen molar-refractivity contribution in [1.82, 2.24) is 0 Å². The van der Waals surface area contributed by atoms with Gasteiger partial charge in [-0.15, -0.1) is 0 Å². The summed E-state index contributed by atoms with van der Waals surface area (Å²) in [6, 6.07) is 8.86. The van der Waals surface area contributed by atoms with Gasteiger partial charge in [0.25, 0.3) is 0 Å². The van der Waals surface area contributed by atoms with Gasteiger partial charge in [-0.1, -0.05) is 39.9 Å². The lowest BCUT2D eigenvalue weighted by atomic mass is 10.2. The Labute approximate surface area is 150 Å². The zero-order chi connectivity index (χ0) is 18.1. The molecular weight excluding hydrogens is 335 g/mol. The number of unbranched alkanes of at least 4 members (excludes halogenated alkanes) is 3. The largest absolute Gasteiger partial charge is 0.493 e. The van der Waals surface area contributed by atoms with Crippen molar-refractivity contribution >= 4 is 24.5 Å². The summed E-state index contributed by atoms with van der Waals surface area (Å²) in [5, 5.41) is 0.841. The minimum atomic E-state index is -0.460. The first-order valence-corrected chi connectivity index (χ1v) is 11.2. The second-order valence-electron chi connectivity index (χ2n) is 6.58. The Kier molecular flexibility index (Phi) is 8.30. The Morgan fingerprint density at radius 1 is 1.12 bits per heavy atom. The molecule has 0 saturated carbocycles. The predicted molar refractivity (Wildman–Crippen MR) is 108 cm³/mol. The van der Waals surface area contributed by atoms with Crippen LogP contribution in [0, 0.1) is 0 Å². The van der Waals surface area contributed by atoms with Crippen LogP contribution in [0.3, 0.4) is 0 Å². The molecule has 1 aromatic carbocycles. The van der Waals surface area contributed by atoms with Crippen LogP contribution in [0.5, 0.6) is 5.75 Å². The van der Waals surface area contributed by atoms with E-state index in [2.05, 4.69) is 26.5 Å². The summed E-state index contributed by atoms with van der Waals surface area (Å²) in [6.45, 7) is 8.18. The zero-order valence-corrected chi connectivity index (χ0v) is 16.4. The van der Waals surface area contributed by atoms with Crippen molar-refractivity contribution in [3.63, 3.8) is 0 Å². The number of para-hydroxylation sites is 1. The fraction of sp³-hybridized carbons (Fsp3) is 0.500. The lowest BCUT2D eigenvalue weighted by molar-refractivity contribution is 0.291. The van der Waals surface area contributed by atoms with Crippen LogP contribution < -0.4 is 10.4 Å². The van der Waals surface area contributed by atoms with E-state index in [1.807, 2.05) is 18.2 Å². The highest BCUT2D eigenvalue weighted by Crippen LogP contribution is 2.24. The van der Waals surface area contributed by atoms with E-state index in [4.69, 9.17) is 13.9 Å². The van der Waals surface area contributed by atoms with Crippen LogP contribution in [0.25, 0.3) is 11.0 Å². The summed E-state index contributed by atoms with van der Waals surface area (Å²) in [4.78, 5) is 11.6. The third kappa shape index (κ3) is 6.72. The molecule has 1 atom stereocenters. The van der Waals surface area contributed by atoms with Crippen molar-refractivity contribution in [1.29, 1.82) is 0 Å². The third-order valence-corrected chi connectivity index (χ3v) is 6.57. The van der Waals surface area contributed by atoms with Crippen LogP contribution in [0.2, 0.25) is 0 Å². The molecule has 0 aliphatic rings. The molecule has 0 N–H and O–H groups in total. The number of hydrogen-bond acceptors (Lipinski definition) is 4. The Bertz CT molecular complexity index is 749. The Balaban J connectivity index is 1.66. The van der Waals surface area contributed by atoms with Crippen LogP contribution >= 0.6 is 7.55 Å². The van der Waals surface area contributed by atoms with Crippen LogP contribution in [0.4, 0.5) is 0 Å². The van der Waals surface area contributed by atoms with Gasteiger partial charge in [0.1, 0.15) is 11.3 Å². The molecule has 0 fully saturated rings. The van der Waals surface area contributed by atoms with Gasteiger partial charge in [0.05, 0.1) is 24.7 Å². The summed E-state index contributed by atoms with van der Waals surface area (Å²) < 4.78 is 16.6. The number of hydrogen-bond donors (Lipinski definition) is 0. The molecule has 2 rings (SSSR count). The second-order valence-corrected chi connectivity index (χ2v) is 9.45. The van der Waals surface area contributed by atoms with Crippen LogP contribution in [-0.4, -0.2) is 31.5 Å². The fourth-order valence-corrected chi connectivity index (χ4v) is 3.00. The average Bonchev–Trinajstić information content (AvgIpc) is 2.59. The molecule has 0 bridgehead atoms. The topological polar surface area (TPSA) is 48.7 Å². The van der Waals surface area contributed by atoms with E-state index in [0.29, 0.717) is 17.9 Å². The Morgan fingerprint density at radius 2 is 1.84 bits per heavy atom. The van der Waals surface area contributed by atoms with Crippen molar-refractivity contribution in [3.05, 3.63) is 40.8 Å². The predicted octanol–water partition coefficient (Wildman–Crippen LogP) is 4.76. The van der Waals surface area contributed by atoms with Gasteiger partial charge in [0.15, 0.2) is 0 Å². The maximum atomic E-state index is 11.6. The minimum Gasteiger partial charge on any atom is -0.493 e. The molecular formula is C20H29O4P. The van der Waals surface area contributed by atoms with Gasteiger partial charge in [-0.25, -0.2) is 4.79 Å². The fourth-order valence-electron chi connectivity index (χ4n) is 2.35. The number of benzene rings is 1. The maximum absolute atomic E-state index is 11.6. The molecule has 1 heterocycles. The van der Waals surface area contributed by atoms with E-state index in [-0.39, 0.29) is 5.63 Å². The van der Waals surface area contributed by atoms with Gasteiger partial charge in [-0.3, -0.25) is 0 Å². The van der Waals surface area contributed by atoms with Gasteiger partial charge in [-0.05, 0) is 43.7 Å². The van der Waals surface area contributed by atoms with Crippen LogP contribution in [-0.2, 0) is 4.74 Å². The van der Waals surface area contributed by atoms with Crippen molar-refractivity contribution in [3.8, 4) is 5.75 Å². The molecule has 0 aliphatic carbocycles. The number of fused-ring (bicyclic) bond motifs is 1. The van der Waals surface area contributed by atoms with Crippen molar-refractivity contribution in [2.45, 2.75) is 45.2 Å². The summed E-state index contributed by atoms with van der Waals surface area (Å²) in [5.41, 5.74) is 0.913. The normalized spacial score (nSPS) is 12.8. The summed E-state index contributed by atoms with van der Waals surface area (Å²) in [6.07, 6.45) is 4.26. The molecule has 25 heavy (non-hydrogen) atoms. The lowest BCUT2D eigenvalue weighted by Crippen LogP contribution is -2.03. The third-order valence-electron chi connectivity index (χ3n) is 4.21. The molecule has 0 aliphatic heterocycles. The van der Waals surface area contributed by atoms with Crippen molar-refractivity contribution in [2.75, 3.05) is 19.9 Å². The van der Waals surface area contributed by atoms with E-state index >= 15 is 0 Å². The maximum Gasteiger partial charge on any atom is 0.339 e. The van der Waals surface area contributed by atoms with Crippen LogP contribution in [0.1, 0.15) is 39.5 Å². The molecule has 4 nitrogen and oxygen atoms in total. The first-order valence-electron chi connectivity index (χ1n) is 9.02. The summed E-state index contributed by atoms with van der Waals surface area (Å²) in [7, 11) is -0.460.